The molecule has 0 bridgehead atoms. The van der Waals surface area contributed by atoms with Crippen molar-refractivity contribution < 1.29 is 9.53 Å². The number of hydrogen-bond acceptors (Lipinski definition) is 7. The number of likely N-dealkylation sites (N-methyl/N-ethyl adjacent to an activating group) is 1. The van der Waals surface area contributed by atoms with Gasteiger partial charge < -0.3 is 4.74 Å². The van der Waals surface area contributed by atoms with Crippen molar-refractivity contribution in [3.63, 3.8) is 0 Å². The summed E-state index contributed by atoms with van der Waals surface area (Å²) in [6.07, 6.45) is 3.91. The van der Waals surface area contributed by atoms with Crippen LogP contribution in [-0.2, 0) is 4.79 Å². The lowest BCUT2D eigenvalue weighted by molar-refractivity contribution is -0.121. The highest BCUT2D eigenvalue weighted by atomic mass is 32.2. The number of nitrogens with zero attached hydrogens (tertiary/aromatic N) is 4. The van der Waals surface area contributed by atoms with E-state index in [0.29, 0.717) is 21.8 Å². The molecule has 126 valence electrons. The highest BCUT2D eigenvalue weighted by Crippen LogP contribution is 2.34. The van der Waals surface area contributed by atoms with Gasteiger partial charge in [0.05, 0.1) is 4.91 Å². The van der Waals surface area contributed by atoms with E-state index in [1.165, 1.54) is 28.0 Å². The quantitative estimate of drug-likeness (QED) is 0.758. The molecule has 4 rings (SSSR count). The minimum atomic E-state index is -0.0789. The maximum atomic E-state index is 12.5. The number of para-hydroxylation sites is 1. The molecule has 2 aromatic rings. The second-order valence-corrected chi connectivity index (χ2v) is 7.69. The summed E-state index contributed by atoms with van der Waals surface area (Å²) in [5.41, 5.74) is 1.97. The van der Waals surface area contributed by atoms with Crippen molar-refractivity contribution in [2.45, 2.75) is 6.92 Å². The number of benzene rings is 1. The summed E-state index contributed by atoms with van der Waals surface area (Å²) in [7, 11) is 1.71. The van der Waals surface area contributed by atoms with Crippen molar-refractivity contribution in [2.24, 2.45) is 4.99 Å². The topological polar surface area (TPSA) is 67.7 Å². The highest BCUT2D eigenvalue weighted by molar-refractivity contribution is 8.18. The van der Waals surface area contributed by atoms with Gasteiger partial charge in [0.1, 0.15) is 17.4 Å². The van der Waals surface area contributed by atoms with E-state index < -0.39 is 0 Å². The summed E-state index contributed by atoms with van der Waals surface area (Å²) in [6.45, 7) is 2.32. The highest BCUT2D eigenvalue weighted by Gasteiger charge is 2.31. The Morgan fingerprint density at radius 1 is 1.32 bits per heavy atom. The lowest BCUT2D eigenvalue weighted by atomic mass is 10.1. The first kappa shape index (κ1) is 16.0. The van der Waals surface area contributed by atoms with E-state index in [9.17, 15) is 4.79 Å². The van der Waals surface area contributed by atoms with Crippen LogP contribution in [0.4, 0.5) is 5.13 Å². The zero-order valence-electron chi connectivity index (χ0n) is 13.6. The Labute approximate surface area is 152 Å². The van der Waals surface area contributed by atoms with Crippen LogP contribution >= 0.6 is 23.1 Å². The van der Waals surface area contributed by atoms with E-state index in [4.69, 9.17) is 4.74 Å². The van der Waals surface area contributed by atoms with Gasteiger partial charge in [-0.15, -0.1) is 10.2 Å². The number of rotatable bonds is 2. The van der Waals surface area contributed by atoms with Gasteiger partial charge in [0.25, 0.3) is 5.91 Å². The maximum Gasteiger partial charge on any atom is 0.266 e. The number of carbonyl (C=O) groups excluding carboxylic acids is 1. The SMILES string of the molecule is Cc1nnc(/N=C2/S/C(=C\C3=Cc4ccccc4OC3)C(=O)N2C)s1. The number of aryl methyl sites for hydroxylation is 1. The normalized spacial score (nSPS) is 20.0. The fraction of sp³-hybridized carbons (Fsp3) is 0.176. The molecule has 0 N–H and O–H groups in total. The Balaban J connectivity index is 1.61. The van der Waals surface area contributed by atoms with E-state index >= 15 is 0 Å². The van der Waals surface area contributed by atoms with Crippen LogP contribution < -0.4 is 4.74 Å². The van der Waals surface area contributed by atoms with Gasteiger partial charge in [-0.3, -0.25) is 9.69 Å². The predicted octanol–water partition coefficient (Wildman–Crippen LogP) is 3.40. The van der Waals surface area contributed by atoms with Crippen molar-refractivity contribution in [3.05, 3.63) is 51.4 Å². The lowest BCUT2D eigenvalue weighted by Crippen LogP contribution is -2.23. The van der Waals surface area contributed by atoms with Crippen molar-refractivity contribution in [1.29, 1.82) is 0 Å². The Morgan fingerprint density at radius 3 is 2.96 bits per heavy atom. The molecule has 0 atom stereocenters. The Kier molecular flexibility index (Phi) is 4.14. The van der Waals surface area contributed by atoms with Gasteiger partial charge in [-0.1, -0.05) is 29.5 Å². The number of carbonyl (C=O) groups is 1. The largest absolute Gasteiger partial charge is 0.488 e. The summed E-state index contributed by atoms with van der Waals surface area (Å²) in [6, 6.07) is 7.84. The number of amides is 1. The Hall–Kier alpha value is -2.45. The number of thioether (sulfide) groups is 1. The molecule has 0 aliphatic carbocycles. The first-order valence-electron chi connectivity index (χ1n) is 7.59. The van der Waals surface area contributed by atoms with Gasteiger partial charge >= 0.3 is 0 Å². The van der Waals surface area contributed by atoms with Crippen LogP contribution in [0.2, 0.25) is 0 Å². The average Bonchev–Trinajstić information content (AvgIpc) is 3.14. The molecular weight excluding hydrogens is 356 g/mol. The van der Waals surface area contributed by atoms with Crippen molar-refractivity contribution in [1.82, 2.24) is 15.1 Å². The molecule has 1 aromatic heterocycles. The molecule has 6 nitrogen and oxygen atoms in total. The van der Waals surface area contributed by atoms with Gasteiger partial charge in [0.15, 0.2) is 5.17 Å². The molecule has 2 aliphatic rings. The van der Waals surface area contributed by atoms with Crippen molar-refractivity contribution in [2.75, 3.05) is 13.7 Å². The molecule has 2 aliphatic heterocycles. The number of aliphatic imine (C=N–C) groups is 1. The van der Waals surface area contributed by atoms with E-state index in [1.54, 1.807) is 7.05 Å². The molecule has 0 saturated carbocycles. The third-order valence-electron chi connectivity index (χ3n) is 3.68. The molecule has 3 heterocycles. The number of ether oxygens (including phenoxy) is 1. The van der Waals surface area contributed by atoms with Gasteiger partial charge in [-0.05, 0) is 42.5 Å². The molecular formula is C17H14N4O2S2. The standard InChI is InChI=1S/C17H14N4O2S2/c1-10-19-20-16(24-10)18-17-21(2)15(22)14(25-17)8-11-7-12-5-3-4-6-13(12)23-9-11/h3-8H,9H2,1-2H3/b14-8-,18-17+. The van der Waals surface area contributed by atoms with Crippen molar-refractivity contribution >= 4 is 45.4 Å². The zero-order chi connectivity index (χ0) is 17.4. The summed E-state index contributed by atoms with van der Waals surface area (Å²) >= 11 is 2.73. The van der Waals surface area contributed by atoms with Crippen LogP contribution in [0.15, 0.2) is 45.8 Å². The summed E-state index contributed by atoms with van der Waals surface area (Å²) in [4.78, 5) is 19.1. The van der Waals surface area contributed by atoms with Gasteiger partial charge in [-0.2, -0.15) is 4.99 Å². The van der Waals surface area contributed by atoms with Crippen LogP contribution in [0.1, 0.15) is 10.6 Å². The molecule has 1 fully saturated rings. The first-order valence-corrected chi connectivity index (χ1v) is 9.22. The van der Waals surface area contributed by atoms with Crippen molar-refractivity contribution in [3.8, 4) is 5.75 Å². The summed E-state index contributed by atoms with van der Waals surface area (Å²) < 4.78 is 5.74. The fourth-order valence-electron chi connectivity index (χ4n) is 2.45. The molecule has 0 unspecified atom stereocenters. The van der Waals surface area contributed by atoms with E-state index in [-0.39, 0.29) is 5.91 Å². The van der Waals surface area contributed by atoms with Crippen LogP contribution in [0.3, 0.4) is 0 Å². The van der Waals surface area contributed by atoms with Gasteiger partial charge in [0.2, 0.25) is 5.13 Å². The van der Waals surface area contributed by atoms with Crippen LogP contribution in [0.5, 0.6) is 5.75 Å². The number of aromatic nitrogens is 2. The second-order valence-electron chi connectivity index (χ2n) is 5.52. The van der Waals surface area contributed by atoms with E-state index in [0.717, 1.165) is 21.9 Å². The molecule has 1 aromatic carbocycles. The zero-order valence-corrected chi connectivity index (χ0v) is 15.2. The van der Waals surface area contributed by atoms with Crippen LogP contribution in [0, 0.1) is 6.92 Å². The molecule has 0 radical (unpaired) electrons. The smallest absolute Gasteiger partial charge is 0.266 e. The summed E-state index contributed by atoms with van der Waals surface area (Å²) in [5.74, 6) is 0.783. The molecule has 1 saturated heterocycles. The van der Waals surface area contributed by atoms with Gasteiger partial charge in [-0.25, -0.2) is 0 Å². The Morgan fingerprint density at radius 2 is 2.16 bits per heavy atom. The third kappa shape index (κ3) is 3.22. The van der Waals surface area contributed by atoms with E-state index in [1.807, 2.05) is 43.3 Å². The van der Waals surface area contributed by atoms with E-state index in [2.05, 4.69) is 15.2 Å². The molecule has 8 heteroatoms. The molecule has 0 spiro atoms. The maximum absolute atomic E-state index is 12.5. The monoisotopic (exact) mass is 370 g/mol. The molecule has 25 heavy (non-hydrogen) atoms. The minimum Gasteiger partial charge on any atom is -0.488 e. The van der Waals surface area contributed by atoms with Gasteiger partial charge in [0, 0.05) is 12.6 Å². The lowest BCUT2D eigenvalue weighted by Gasteiger charge is -2.15. The molecule has 1 amide bonds. The van der Waals surface area contributed by atoms with Crippen LogP contribution in [-0.4, -0.2) is 39.8 Å². The number of fused-ring (bicyclic) bond motifs is 1. The average molecular weight is 370 g/mol. The number of hydrogen-bond donors (Lipinski definition) is 0. The summed E-state index contributed by atoms with van der Waals surface area (Å²) in [5, 5.41) is 9.92. The first-order chi connectivity index (χ1) is 12.1. The number of amidine groups is 1. The minimum absolute atomic E-state index is 0.0789. The Bertz CT molecular complexity index is 946. The van der Waals surface area contributed by atoms with Crippen LogP contribution in [0.25, 0.3) is 6.08 Å². The fourth-order valence-corrected chi connectivity index (χ4v) is 4.05. The second kappa shape index (κ2) is 6.45. The predicted molar refractivity (Wildman–Crippen MR) is 100 cm³/mol. The third-order valence-corrected chi connectivity index (χ3v) is 5.47.